The fourth-order valence-corrected chi connectivity index (χ4v) is 6.21. The van der Waals surface area contributed by atoms with Crippen LogP contribution in [0.3, 0.4) is 0 Å². The van der Waals surface area contributed by atoms with Gasteiger partial charge in [-0.3, -0.25) is 9.97 Å². The Balaban J connectivity index is 0.000000213. The zero-order chi connectivity index (χ0) is 43.1. The SMILES string of the molecule is Cc1ncc(CNc2ccc(-c3ccc(C#N)cc3)cn2)c(CO)c1O.[C-]#[N+]c1ccc(COc2c(C)ncc(CNc3ccc(-c4ccc(C#N)cc4)cn3)c2CO)cc1. The Morgan fingerprint density at radius 3 is 1.52 bits per heavy atom. The molecule has 0 unspecified atom stereocenters. The third-order valence-electron chi connectivity index (χ3n) is 9.74. The number of anilines is 2. The van der Waals surface area contributed by atoms with Crippen LogP contribution < -0.4 is 15.4 Å². The van der Waals surface area contributed by atoms with E-state index in [2.05, 4.69) is 47.6 Å². The van der Waals surface area contributed by atoms with Gasteiger partial charge in [-0.25, -0.2) is 14.8 Å². The van der Waals surface area contributed by atoms with Crippen LogP contribution in [0.5, 0.6) is 11.5 Å². The number of aromatic nitrogens is 4. The maximum absolute atomic E-state index is 10.1. The molecule has 0 amide bonds. The van der Waals surface area contributed by atoms with Crippen molar-refractivity contribution in [3.63, 3.8) is 0 Å². The molecule has 302 valence electrons. The van der Waals surface area contributed by atoms with E-state index in [0.29, 0.717) is 82.0 Å². The lowest BCUT2D eigenvalue weighted by Crippen LogP contribution is -2.09. The summed E-state index contributed by atoms with van der Waals surface area (Å²) in [5.74, 6) is 1.95. The number of aryl methyl sites for hydroxylation is 2. The molecule has 61 heavy (non-hydrogen) atoms. The van der Waals surface area contributed by atoms with E-state index >= 15 is 0 Å². The molecule has 7 aromatic rings. The Kier molecular flexibility index (Phi) is 14.3. The minimum absolute atomic E-state index is 0.0240. The number of hydrogen-bond donors (Lipinski definition) is 5. The number of ether oxygens (including phenoxy) is 1. The number of aliphatic hydroxyl groups excluding tert-OH is 2. The molecule has 5 N–H and O–H groups in total. The van der Waals surface area contributed by atoms with Gasteiger partial charge in [0.15, 0.2) is 5.69 Å². The van der Waals surface area contributed by atoms with Gasteiger partial charge in [0.25, 0.3) is 0 Å². The predicted octanol–water partition coefficient (Wildman–Crippen LogP) is 8.69. The van der Waals surface area contributed by atoms with E-state index < -0.39 is 0 Å². The van der Waals surface area contributed by atoms with Crippen LogP contribution in [0, 0.1) is 43.1 Å². The minimum Gasteiger partial charge on any atom is -0.506 e. The van der Waals surface area contributed by atoms with Gasteiger partial charge in [-0.1, -0.05) is 48.5 Å². The lowest BCUT2D eigenvalue weighted by Gasteiger charge is -2.17. The number of pyridine rings is 4. The van der Waals surface area contributed by atoms with Crippen molar-refractivity contribution >= 4 is 17.3 Å². The van der Waals surface area contributed by atoms with E-state index in [1.807, 2.05) is 67.6 Å². The first-order valence-corrected chi connectivity index (χ1v) is 19.1. The van der Waals surface area contributed by atoms with Crippen LogP contribution in [0.25, 0.3) is 27.1 Å². The fourth-order valence-electron chi connectivity index (χ4n) is 6.21. The third-order valence-corrected chi connectivity index (χ3v) is 9.74. The molecule has 0 atom stereocenters. The first-order chi connectivity index (χ1) is 29.7. The highest BCUT2D eigenvalue weighted by Gasteiger charge is 2.15. The zero-order valence-electron chi connectivity index (χ0n) is 33.5. The average molecular weight is 808 g/mol. The Morgan fingerprint density at radius 1 is 0.607 bits per heavy atom. The fraction of sp³-hybridized carbons (Fsp3) is 0.146. The van der Waals surface area contributed by atoms with Gasteiger partial charge in [-0.05, 0) is 90.2 Å². The molecule has 0 aliphatic carbocycles. The largest absolute Gasteiger partial charge is 0.506 e. The van der Waals surface area contributed by atoms with Crippen LogP contribution >= 0.6 is 0 Å². The maximum atomic E-state index is 10.1. The smallest absolute Gasteiger partial charge is 0.187 e. The van der Waals surface area contributed by atoms with Crippen molar-refractivity contribution < 1.29 is 20.1 Å². The van der Waals surface area contributed by atoms with Gasteiger partial charge in [0.2, 0.25) is 0 Å². The predicted molar refractivity (Wildman–Crippen MR) is 232 cm³/mol. The van der Waals surface area contributed by atoms with E-state index in [-0.39, 0.29) is 19.0 Å². The van der Waals surface area contributed by atoms with Gasteiger partial charge in [-0.15, -0.1) is 0 Å². The van der Waals surface area contributed by atoms with Crippen LogP contribution in [-0.4, -0.2) is 35.3 Å². The molecule has 7 rings (SSSR count). The number of hydrogen-bond acceptors (Lipinski definition) is 12. The van der Waals surface area contributed by atoms with E-state index in [9.17, 15) is 15.3 Å². The topological polar surface area (TPSA) is 197 Å². The zero-order valence-corrected chi connectivity index (χ0v) is 33.5. The molecule has 4 aromatic heterocycles. The number of nitrogens with one attached hydrogen (secondary N) is 2. The molecule has 0 saturated heterocycles. The Hall–Kier alpha value is -8.15. The van der Waals surface area contributed by atoms with Gasteiger partial charge in [0.1, 0.15) is 29.7 Å². The van der Waals surface area contributed by atoms with Crippen molar-refractivity contribution in [3.8, 4) is 45.9 Å². The standard InChI is InChI=1S/C28H23N5O2.C20H18N4O2/c1-19-28(35-18-21-5-10-25(30-2)11-6-21)26(17-34)24(15-31-19)16-33-27-12-9-23(14-32-27)22-7-3-20(13-29)4-8-22;1-13-20(26)18(12-25)17(10-22-13)11-24-19-7-6-16(9-23-19)15-4-2-14(8-21)3-5-15/h3-12,14-15,34H,16-18H2,1H3,(H,32,33);2-7,9-10,25-26H,11-12H2,1H3,(H,23,24). The van der Waals surface area contributed by atoms with Gasteiger partial charge in [0, 0.05) is 60.1 Å². The van der Waals surface area contributed by atoms with E-state index in [1.54, 1.807) is 68.1 Å². The lowest BCUT2D eigenvalue weighted by atomic mass is 10.1. The number of rotatable bonds is 13. The van der Waals surface area contributed by atoms with Crippen LogP contribution in [0.15, 0.2) is 122 Å². The van der Waals surface area contributed by atoms with Crippen molar-refractivity contribution in [2.75, 3.05) is 10.6 Å². The number of aromatic hydroxyl groups is 1. The molecule has 0 radical (unpaired) electrons. The Labute approximate surface area is 353 Å². The average Bonchev–Trinajstić information content (AvgIpc) is 3.31. The van der Waals surface area contributed by atoms with E-state index in [4.69, 9.17) is 21.8 Å². The second-order valence-corrected chi connectivity index (χ2v) is 13.7. The highest BCUT2D eigenvalue weighted by molar-refractivity contribution is 5.65. The van der Waals surface area contributed by atoms with Gasteiger partial charge in [0.05, 0.1) is 54.4 Å². The van der Waals surface area contributed by atoms with Crippen molar-refractivity contribution in [1.82, 2.24) is 19.9 Å². The van der Waals surface area contributed by atoms with Crippen LogP contribution in [-0.2, 0) is 32.9 Å². The Morgan fingerprint density at radius 2 is 1.08 bits per heavy atom. The van der Waals surface area contributed by atoms with Gasteiger partial charge < -0.3 is 30.7 Å². The van der Waals surface area contributed by atoms with Crippen LogP contribution in [0.2, 0.25) is 0 Å². The van der Waals surface area contributed by atoms with Crippen LogP contribution in [0.1, 0.15) is 50.3 Å². The lowest BCUT2D eigenvalue weighted by molar-refractivity contribution is 0.256. The number of aliphatic hydroxyl groups is 2. The van der Waals surface area contributed by atoms with Crippen LogP contribution in [0.4, 0.5) is 17.3 Å². The molecule has 13 nitrogen and oxygen atoms in total. The summed E-state index contributed by atoms with van der Waals surface area (Å²) < 4.78 is 6.03. The molecular weight excluding hydrogens is 767 g/mol. The summed E-state index contributed by atoms with van der Waals surface area (Å²) in [6.45, 7) is 11.3. The monoisotopic (exact) mass is 807 g/mol. The van der Waals surface area contributed by atoms with Crippen molar-refractivity contribution in [3.05, 3.63) is 184 Å². The summed E-state index contributed by atoms with van der Waals surface area (Å²) in [5, 5.41) is 53.8. The van der Waals surface area contributed by atoms with E-state index in [1.165, 1.54) is 0 Å². The highest BCUT2D eigenvalue weighted by Crippen LogP contribution is 2.29. The summed E-state index contributed by atoms with van der Waals surface area (Å²) >= 11 is 0. The first-order valence-electron chi connectivity index (χ1n) is 19.1. The molecule has 3 aromatic carbocycles. The third kappa shape index (κ3) is 10.9. The van der Waals surface area contributed by atoms with E-state index in [0.717, 1.165) is 33.4 Å². The first kappa shape index (κ1) is 42.5. The Bertz CT molecular complexity index is 2700. The second-order valence-electron chi connectivity index (χ2n) is 13.7. The molecule has 0 fully saturated rings. The number of nitrogens with zero attached hydrogens (tertiary/aromatic N) is 7. The summed E-state index contributed by atoms with van der Waals surface area (Å²) in [4.78, 5) is 20.8. The van der Waals surface area contributed by atoms with Crippen molar-refractivity contribution in [2.45, 2.75) is 46.8 Å². The molecule has 0 bridgehead atoms. The molecule has 13 heteroatoms. The molecule has 4 heterocycles. The summed E-state index contributed by atoms with van der Waals surface area (Å²) in [7, 11) is 0. The van der Waals surface area contributed by atoms with Crippen molar-refractivity contribution in [1.29, 1.82) is 10.5 Å². The molecule has 0 spiro atoms. The summed E-state index contributed by atoms with van der Waals surface area (Å²) in [5.41, 5.74) is 10.5. The number of benzene rings is 3. The van der Waals surface area contributed by atoms with Crippen molar-refractivity contribution in [2.24, 2.45) is 0 Å². The van der Waals surface area contributed by atoms with Gasteiger partial charge in [-0.2, -0.15) is 10.5 Å². The normalized spacial score (nSPS) is 10.3. The second kappa shape index (κ2) is 20.5. The summed E-state index contributed by atoms with van der Waals surface area (Å²) in [6, 6.07) is 33.8. The molecule has 0 aliphatic heterocycles. The number of nitriles is 2. The molecule has 0 saturated carbocycles. The minimum atomic E-state index is -0.253. The van der Waals surface area contributed by atoms with Gasteiger partial charge >= 0.3 is 0 Å². The quantitative estimate of drug-likeness (QED) is 0.0696. The molecule has 0 aliphatic rings. The molecular formula is C48H41N9O4. The maximum Gasteiger partial charge on any atom is 0.187 e. The summed E-state index contributed by atoms with van der Waals surface area (Å²) in [6.07, 6.45) is 6.90. The highest BCUT2D eigenvalue weighted by atomic mass is 16.5.